The van der Waals surface area contributed by atoms with Crippen molar-refractivity contribution in [1.29, 1.82) is 0 Å². The predicted octanol–water partition coefficient (Wildman–Crippen LogP) is 2.94. The fraction of sp³-hybridized carbons (Fsp3) is 0.400. The topological polar surface area (TPSA) is 111 Å². The minimum Gasteiger partial charge on any atom is -0.480 e. The van der Waals surface area contributed by atoms with E-state index in [9.17, 15) is 19.2 Å². The van der Waals surface area contributed by atoms with Crippen LogP contribution in [0.1, 0.15) is 20.8 Å². The zero-order valence-electron chi connectivity index (χ0n) is 17.5. The Bertz CT molecular complexity index is 1120. The second-order valence-electron chi connectivity index (χ2n) is 7.81. The molecular weight excluding hydrogens is 449 g/mol. The highest BCUT2D eigenvalue weighted by Gasteiger charge is 2.21. The van der Waals surface area contributed by atoms with E-state index < -0.39 is 35.5 Å². The molecule has 11 heteroatoms. The van der Waals surface area contributed by atoms with E-state index in [1.54, 1.807) is 26.8 Å². The standard InChI is InChI=1S/C20H23Cl2N3O6/c1-20(2,3)31-19(30)23(4)8-9-25-17(28)13(10-24(18(25)29)11-15(26)27)12-6-5-7-14(21)16(12)22/h5-7,10H,8-9,11H2,1-4H3,(H,26,27). The van der Waals surface area contributed by atoms with Crippen molar-refractivity contribution in [2.24, 2.45) is 0 Å². The molecule has 0 fully saturated rings. The zero-order valence-corrected chi connectivity index (χ0v) is 19.0. The Kier molecular flexibility index (Phi) is 7.56. The molecule has 0 aliphatic heterocycles. The molecule has 0 spiro atoms. The maximum atomic E-state index is 13.1. The average Bonchev–Trinajstić information content (AvgIpc) is 2.64. The predicted molar refractivity (Wildman–Crippen MR) is 117 cm³/mol. The minimum absolute atomic E-state index is 0.00766. The van der Waals surface area contributed by atoms with E-state index in [-0.39, 0.29) is 34.3 Å². The maximum Gasteiger partial charge on any atom is 0.410 e. The van der Waals surface area contributed by atoms with Gasteiger partial charge in [-0.05, 0) is 26.8 Å². The van der Waals surface area contributed by atoms with Crippen molar-refractivity contribution >= 4 is 35.3 Å². The number of benzene rings is 1. The van der Waals surface area contributed by atoms with Crippen molar-refractivity contribution in [3.05, 3.63) is 55.3 Å². The van der Waals surface area contributed by atoms with Gasteiger partial charge < -0.3 is 14.7 Å². The number of aromatic nitrogens is 2. The molecule has 31 heavy (non-hydrogen) atoms. The molecule has 1 amide bonds. The number of halogens is 2. The van der Waals surface area contributed by atoms with Crippen LogP contribution in [0.25, 0.3) is 11.1 Å². The summed E-state index contributed by atoms with van der Waals surface area (Å²) in [6, 6.07) is 4.66. The number of carbonyl (C=O) groups is 2. The van der Waals surface area contributed by atoms with Crippen molar-refractivity contribution in [3.8, 4) is 11.1 Å². The third-order valence-corrected chi connectivity index (χ3v) is 4.97. The monoisotopic (exact) mass is 471 g/mol. The highest BCUT2D eigenvalue weighted by atomic mass is 35.5. The zero-order chi connectivity index (χ0) is 23.5. The summed E-state index contributed by atoms with van der Waals surface area (Å²) in [5.74, 6) is -1.26. The molecule has 0 aliphatic carbocycles. The number of aliphatic carboxylic acids is 1. The van der Waals surface area contributed by atoms with Crippen LogP contribution in [0.2, 0.25) is 10.0 Å². The quantitative estimate of drug-likeness (QED) is 0.692. The normalized spacial score (nSPS) is 11.3. The van der Waals surface area contributed by atoms with E-state index >= 15 is 0 Å². The van der Waals surface area contributed by atoms with Gasteiger partial charge in [-0.2, -0.15) is 0 Å². The summed E-state index contributed by atoms with van der Waals surface area (Å²) in [4.78, 5) is 50.4. The molecule has 0 radical (unpaired) electrons. The van der Waals surface area contributed by atoms with Gasteiger partial charge in [-0.25, -0.2) is 9.59 Å². The average molecular weight is 472 g/mol. The number of carboxylic acid groups (broad SMARTS) is 1. The number of rotatable bonds is 6. The first-order valence-electron chi connectivity index (χ1n) is 9.26. The molecule has 1 aromatic heterocycles. The molecule has 0 bridgehead atoms. The lowest BCUT2D eigenvalue weighted by atomic mass is 10.1. The summed E-state index contributed by atoms with van der Waals surface area (Å²) in [6.07, 6.45) is 0.519. The van der Waals surface area contributed by atoms with Crippen molar-refractivity contribution in [2.75, 3.05) is 13.6 Å². The van der Waals surface area contributed by atoms with Gasteiger partial charge in [0, 0.05) is 31.9 Å². The molecule has 0 aliphatic rings. The highest BCUT2D eigenvalue weighted by Crippen LogP contribution is 2.31. The molecule has 2 aromatic rings. The second kappa shape index (κ2) is 9.57. The number of carbonyl (C=O) groups excluding carboxylic acids is 1. The van der Waals surface area contributed by atoms with Gasteiger partial charge in [0.25, 0.3) is 5.56 Å². The number of likely N-dealkylation sites (N-methyl/N-ethyl adjacent to an activating group) is 1. The first-order valence-corrected chi connectivity index (χ1v) is 10.0. The number of hydrogen-bond acceptors (Lipinski definition) is 5. The van der Waals surface area contributed by atoms with E-state index in [2.05, 4.69) is 0 Å². The number of nitrogens with zero attached hydrogens (tertiary/aromatic N) is 3. The van der Waals surface area contributed by atoms with Crippen LogP contribution in [0, 0.1) is 0 Å². The SMILES string of the molecule is CN(CCn1c(=O)c(-c2cccc(Cl)c2Cl)cn(CC(=O)O)c1=O)C(=O)OC(C)(C)C. The van der Waals surface area contributed by atoms with Gasteiger partial charge in [-0.3, -0.25) is 18.7 Å². The number of carboxylic acids is 1. The van der Waals surface area contributed by atoms with E-state index in [1.807, 2.05) is 0 Å². The van der Waals surface area contributed by atoms with Crippen LogP contribution in [-0.4, -0.2) is 50.4 Å². The first kappa shape index (κ1) is 24.5. The lowest BCUT2D eigenvalue weighted by Crippen LogP contribution is -2.44. The van der Waals surface area contributed by atoms with Gasteiger partial charge in [0.2, 0.25) is 0 Å². The van der Waals surface area contributed by atoms with Crippen LogP contribution in [0.5, 0.6) is 0 Å². The maximum absolute atomic E-state index is 13.1. The Hall–Kier alpha value is -2.78. The molecule has 9 nitrogen and oxygen atoms in total. The molecule has 1 heterocycles. The second-order valence-corrected chi connectivity index (χ2v) is 8.59. The van der Waals surface area contributed by atoms with Crippen LogP contribution in [0.3, 0.4) is 0 Å². The third-order valence-electron chi connectivity index (χ3n) is 4.15. The molecular formula is C20H23Cl2N3O6. The Morgan fingerprint density at radius 2 is 1.81 bits per heavy atom. The number of amides is 1. The molecule has 1 aromatic carbocycles. The van der Waals surface area contributed by atoms with E-state index in [1.165, 1.54) is 24.1 Å². The Morgan fingerprint density at radius 3 is 2.39 bits per heavy atom. The summed E-state index contributed by atoms with van der Waals surface area (Å²) in [6.45, 7) is 4.28. The Balaban J connectivity index is 2.50. The lowest BCUT2D eigenvalue weighted by Gasteiger charge is -2.24. The van der Waals surface area contributed by atoms with Crippen LogP contribution in [0.15, 0.2) is 34.0 Å². The fourth-order valence-electron chi connectivity index (χ4n) is 2.69. The van der Waals surface area contributed by atoms with Gasteiger partial charge >= 0.3 is 17.8 Å². The molecule has 1 N–H and O–H groups in total. The fourth-order valence-corrected chi connectivity index (χ4v) is 3.09. The van der Waals surface area contributed by atoms with Gasteiger partial charge in [0.05, 0.1) is 15.6 Å². The Labute approximate surface area is 188 Å². The molecule has 0 unspecified atom stereocenters. The van der Waals surface area contributed by atoms with Crippen LogP contribution in [-0.2, 0) is 22.6 Å². The summed E-state index contributed by atoms with van der Waals surface area (Å²) in [5, 5.41) is 9.44. The first-order chi connectivity index (χ1) is 14.3. The van der Waals surface area contributed by atoms with Gasteiger partial charge in [0.15, 0.2) is 0 Å². The van der Waals surface area contributed by atoms with Crippen LogP contribution in [0.4, 0.5) is 4.79 Å². The number of hydrogen-bond donors (Lipinski definition) is 1. The van der Waals surface area contributed by atoms with Crippen molar-refractivity contribution in [1.82, 2.24) is 14.0 Å². The third kappa shape index (κ3) is 6.11. The van der Waals surface area contributed by atoms with Crippen LogP contribution >= 0.6 is 23.2 Å². The highest BCUT2D eigenvalue weighted by molar-refractivity contribution is 6.43. The number of ether oxygens (including phenoxy) is 1. The molecule has 168 valence electrons. The van der Waals surface area contributed by atoms with Crippen molar-refractivity contribution in [2.45, 2.75) is 39.5 Å². The smallest absolute Gasteiger partial charge is 0.410 e. The summed E-state index contributed by atoms with van der Waals surface area (Å²) >= 11 is 12.3. The van der Waals surface area contributed by atoms with Gasteiger partial charge in [-0.15, -0.1) is 0 Å². The van der Waals surface area contributed by atoms with Crippen LogP contribution < -0.4 is 11.2 Å². The Morgan fingerprint density at radius 1 is 1.16 bits per heavy atom. The van der Waals surface area contributed by atoms with E-state index in [0.29, 0.717) is 0 Å². The van der Waals surface area contributed by atoms with Crippen molar-refractivity contribution < 1.29 is 19.4 Å². The largest absolute Gasteiger partial charge is 0.480 e. The minimum atomic E-state index is -1.26. The van der Waals surface area contributed by atoms with E-state index in [4.69, 9.17) is 33.0 Å². The van der Waals surface area contributed by atoms with Gasteiger partial charge in [-0.1, -0.05) is 35.3 Å². The van der Waals surface area contributed by atoms with Crippen molar-refractivity contribution in [3.63, 3.8) is 0 Å². The van der Waals surface area contributed by atoms with Gasteiger partial charge in [0.1, 0.15) is 12.1 Å². The summed E-state index contributed by atoms with van der Waals surface area (Å²) < 4.78 is 7.00. The summed E-state index contributed by atoms with van der Waals surface area (Å²) in [5.41, 5.74) is -1.96. The molecule has 0 saturated heterocycles. The van der Waals surface area contributed by atoms with E-state index in [0.717, 1.165) is 15.3 Å². The summed E-state index contributed by atoms with van der Waals surface area (Å²) in [7, 11) is 1.46. The molecule has 0 atom stereocenters. The molecule has 0 saturated carbocycles. The lowest BCUT2D eigenvalue weighted by molar-refractivity contribution is -0.137. The molecule has 2 rings (SSSR count).